The molecule has 3 rings (SSSR count). The molecule has 2 aliphatic heterocycles. The van der Waals surface area contributed by atoms with Gasteiger partial charge in [0.1, 0.15) is 0 Å². The fourth-order valence-electron chi connectivity index (χ4n) is 3.50. The number of piperidine rings is 1. The Balaban J connectivity index is 1.93. The van der Waals surface area contributed by atoms with E-state index in [-0.39, 0.29) is 11.3 Å². The quantitative estimate of drug-likeness (QED) is 0.834. The van der Waals surface area contributed by atoms with Gasteiger partial charge in [0.2, 0.25) is 0 Å². The highest BCUT2D eigenvalue weighted by Gasteiger charge is 2.42. The first-order valence-electron chi connectivity index (χ1n) is 7.14. The van der Waals surface area contributed by atoms with E-state index in [2.05, 4.69) is 4.90 Å². The van der Waals surface area contributed by atoms with E-state index < -0.39 is 9.84 Å². The Labute approximate surface area is 115 Å². The minimum absolute atomic E-state index is 0.202. The van der Waals surface area contributed by atoms with Gasteiger partial charge in [0.25, 0.3) is 0 Å². The monoisotopic (exact) mass is 279 g/mol. The maximum atomic E-state index is 12.8. The van der Waals surface area contributed by atoms with Crippen LogP contribution in [0.1, 0.15) is 31.2 Å². The molecule has 0 unspecified atom stereocenters. The van der Waals surface area contributed by atoms with Crippen LogP contribution < -0.4 is 0 Å². The van der Waals surface area contributed by atoms with Crippen molar-refractivity contribution in [2.24, 2.45) is 0 Å². The zero-order chi connectivity index (χ0) is 13.5. The lowest BCUT2D eigenvalue weighted by Crippen LogP contribution is -2.47. The molecule has 2 aliphatic rings. The van der Waals surface area contributed by atoms with Crippen molar-refractivity contribution in [2.75, 3.05) is 13.1 Å². The summed E-state index contributed by atoms with van der Waals surface area (Å²) in [6.07, 6.45) is 4.00. The third-order valence-electron chi connectivity index (χ3n) is 4.53. The Bertz CT molecular complexity index is 550. The third-order valence-corrected chi connectivity index (χ3v) is 6.80. The SMILES string of the molecule is Cc1ccc(S(=O)(=O)[C@H]2CCCN3CCC[C@H]23)cc1. The average molecular weight is 279 g/mol. The summed E-state index contributed by atoms with van der Waals surface area (Å²) in [5, 5.41) is -0.202. The average Bonchev–Trinajstić information content (AvgIpc) is 2.87. The van der Waals surface area contributed by atoms with Crippen LogP contribution in [0.2, 0.25) is 0 Å². The Kier molecular flexibility index (Phi) is 3.39. The number of nitrogens with zero attached hydrogens (tertiary/aromatic N) is 1. The molecule has 104 valence electrons. The summed E-state index contributed by atoms with van der Waals surface area (Å²) in [7, 11) is -3.17. The molecule has 0 radical (unpaired) electrons. The lowest BCUT2D eigenvalue weighted by atomic mass is 10.0. The molecule has 0 saturated carbocycles. The highest BCUT2D eigenvalue weighted by Crippen LogP contribution is 2.34. The highest BCUT2D eigenvalue weighted by molar-refractivity contribution is 7.92. The lowest BCUT2D eigenvalue weighted by Gasteiger charge is -2.36. The summed E-state index contributed by atoms with van der Waals surface area (Å²) in [5.74, 6) is 0. The van der Waals surface area contributed by atoms with Crippen molar-refractivity contribution in [3.05, 3.63) is 29.8 Å². The van der Waals surface area contributed by atoms with E-state index in [1.165, 1.54) is 0 Å². The number of aryl methyl sites for hydroxylation is 1. The molecule has 0 aliphatic carbocycles. The Morgan fingerprint density at radius 1 is 1.05 bits per heavy atom. The normalized spacial score (nSPS) is 28.3. The molecule has 0 bridgehead atoms. The first-order valence-corrected chi connectivity index (χ1v) is 8.68. The molecule has 0 spiro atoms. The molecule has 4 heteroatoms. The molecule has 2 atom stereocenters. The summed E-state index contributed by atoms with van der Waals surface area (Å²) in [6.45, 7) is 4.13. The molecule has 1 aromatic rings. The molecular weight excluding hydrogens is 258 g/mol. The van der Waals surface area contributed by atoms with Gasteiger partial charge in [0, 0.05) is 6.04 Å². The fraction of sp³-hybridized carbons (Fsp3) is 0.600. The molecule has 0 aromatic heterocycles. The van der Waals surface area contributed by atoms with Crippen molar-refractivity contribution < 1.29 is 8.42 Å². The molecule has 2 saturated heterocycles. The molecule has 1 aromatic carbocycles. The molecular formula is C15H21NO2S. The first kappa shape index (κ1) is 13.1. The number of fused-ring (bicyclic) bond motifs is 1. The molecule has 0 N–H and O–H groups in total. The molecule has 0 amide bonds. The zero-order valence-electron chi connectivity index (χ0n) is 11.4. The van der Waals surface area contributed by atoms with Crippen molar-refractivity contribution in [3.63, 3.8) is 0 Å². The van der Waals surface area contributed by atoms with Crippen LogP contribution in [0.4, 0.5) is 0 Å². The fourth-order valence-corrected chi connectivity index (χ4v) is 5.57. The lowest BCUT2D eigenvalue weighted by molar-refractivity contribution is 0.200. The second-order valence-corrected chi connectivity index (χ2v) is 7.95. The smallest absolute Gasteiger partial charge is 0.182 e. The van der Waals surface area contributed by atoms with Gasteiger partial charge in [0.15, 0.2) is 9.84 Å². The predicted molar refractivity (Wildman–Crippen MR) is 76.0 cm³/mol. The van der Waals surface area contributed by atoms with Gasteiger partial charge in [0.05, 0.1) is 10.1 Å². The van der Waals surface area contributed by atoms with Crippen molar-refractivity contribution in [3.8, 4) is 0 Å². The Hall–Kier alpha value is -0.870. The number of hydrogen-bond donors (Lipinski definition) is 0. The summed E-state index contributed by atoms with van der Waals surface area (Å²) >= 11 is 0. The molecule has 19 heavy (non-hydrogen) atoms. The topological polar surface area (TPSA) is 37.4 Å². The van der Waals surface area contributed by atoms with Gasteiger partial charge in [-0.15, -0.1) is 0 Å². The number of benzene rings is 1. The Morgan fingerprint density at radius 2 is 1.68 bits per heavy atom. The molecule has 2 fully saturated rings. The maximum Gasteiger partial charge on any atom is 0.182 e. The van der Waals surface area contributed by atoms with Crippen LogP contribution in [-0.4, -0.2) is 37.7 Å². The van der Waals surface area contributed by atoms with Gasteiger partial charge in [-0.3, -0.25) is 4.90 Å². The van der Waals surface area contributed by atoms with E-state index in [1.807, 2.05) is 19.1 Å². The van der Waals surface area contributed by atoms with Gasteiger partial charge < -0.3 is 0 Å². The van der Waals surface area contributed by atoms with Crippen molar-refractivity contribution in [1.82, 2.24) is 4.90 Å². The highest BCUT2D eigenvalue weighted by atomic mass is 32.2. The van der Waals surface area contributed by atoms with E-state index in [1.54, 1.807) is 12.1 Å². The summed E-state index contributed by atoms with van der Waals surface area (Å²) in [6, 6.07) is 7.56. The van der Waals surface area contributed by atoms with Gasteiger partial charge in [-0.25, -0.2) is 8.42 Å². The molecule has 2 heterocycles. The minimum atomic E-state index is -3.17. The number of sulfone groups is 1. The van der Waals surface area contributed by atoms with Crippen molar-refractivity contribution >= 4 is 9.84 Å². The van der Waals surface area contributed by atoms with E-state index in [4.69, 9.17) is 0 Å². The largest absolute Gasteiger partial charge is 0.299 e. The number of hydrogen-bond acceptors (Lipinski definition) is 3. The summed E-state index contributed by atoms with van der Waals surface area (Å²) in [4.78, 5) is 2.87. The standard InChI is InChI=1S/C15H21NO2S/c1-12-6-8-13(9-7-12)19(17,18)15-5-3-11-16-10-2-4-14(15)16/h6-9,14-15H,2-5,10-11H2,1H3/t14-,15+/m1/s1. The third kappa shape index (κ3) is 2.32. The van der Waals surface area contributed by atoms with E-state index in [0.29, 0.717) is 4.90 Å². The van der Waals surface area contributed by atoms with Gasteiger partial charge in [-0.1, -0.05) is 17.7 Å². The number of rotatable bonds is 2. The van der Waals surface area contributed by atoms with Gasteiger partial charge >= 0.3 is 0 Å². The van der Waals surface area contributed by atoms with Crippen LogP contribution in [0, 0.1) is 6.92 Å². The van der Waals surface area contributed by atoms with Crippen molar-refractivity contribution in [1.29, 1.82) is 0 Å². The summed E-state index contributed by atoms with van der Waals surface area (Å²) in [5.41, 5.74) is 1.10. The Morgan fingerprint density at radius 3 is 2.37 bits per heavy atom. The zero-order valence-corrected chi connectivity index (χ0v) is 12.2. The van der Waals surface area contributed by atoms with E-state index in [9.17, 15) is 8.42 Å². The van der Waals surface area contributed by atoms with E-state index >= 15 is 0 Å². The molecule has 3 nitrogen and oxygen atoms in total. The summed E-state index contributed by atoms with van der Waals surface area (Å²) < 4.78 is 25.6. The van der Waals surface area contributed by atoms with Crippen LogP contribution >= 0.6 is 0 Å². The predicted octanol–water partition coefficient (Wildman–Crippen LogP) is 2.40. The van der Waals surface area contributed by atoms with E-state index in [0.717, 1.165) is 44.3 Å². The second kappa shape index (κ2) is 4.91. The van der Waals surface area contributed by atoms with Crippen LogP contribution in [0.5, 0.6) is 0 Å². The van der Waals surface area contributed by atoms with Crippen LogP contribution in [0.15, 0.2) is 29.2 Å². The van der Waals surface area contributed by atoms with Gasteiger partial charge in [-0.05, 0) is 57.8 Å². The van der Waals surface area contributed by atoms with Crippen molar-refractivity contribution in [2.45, 2.75) is 48.8 Å². The second-order valence-electron chi connectivity index (χ2n) is 5.78. The minimum Gasteiger partial charge on any atom is -0.299 e. The van der Waals surface area contributed by atoms with Crippen LogP contribution in [0.25, 0.3) is 0 Å². The maximum absolute atomic E-state index is 12.8. The van der Waals surface area contributed by atoms with Crippen LogP contribution in [-0.2, 0) is 9.84 Å². The van der Waals surface area contributed by atoms with Crippen LogP contribution in [0.3, 0.4) is 0 Å². The van der Waals surface area contributed by atoms with Gasteiger partial charge in [-0.2, -0.15) is 0 Å². The first-order chi connectivity index (χ1) is 9.09.